The number of imidazole rings is 2. The molecule has 13 nitrogen and oxygen atoms in total. The number of hydrogen-bond donors (Lipinski definition) is 1. The number of nitrogens with zero attached hydrogens (tertiary/aromatic N) is 10. The second-order valence-electron chi connectivity index (χ2n) is 13.0. The lowest BCUT2D eigenvalue weighted by atomic mass is 10.1. The van der Waals surface area contributed by atoms with Crippen LogP contribution >= 0.6 is 0 Å². The number of aryl methyl sites for hydroxylation is 6. The lowest BCUT2D eigenvalue weighted by Crippen LogP contribution is -2.30. The monoisotopic (exact) mass is 678 g/mol. The lowest BCUT2D eigenvalue weighted by Gasteiger charge is -2.20. The quantitative estimate of drug-likeness (QED) is 0.220. The van der Waals surface area contributed by atoms with Crippen LogP contribution in [0, 0.1) is 13.8 Å². The maximum absolute atomic E-state index is 13.7. The van der Waals surface area contributed by atoms with Crippen LogP contribution in [0.25, 0.3) is 22.1 Å². The molecule has 6 rings (SSSR count). The Hall–Kier alpha value is -5.30. The third-order valence-corrected chi connectivity index (χ3v) is 9.53. The van der Waals surface area contributed by atoms with E-state index in [-0.39, 0.29) is 30.5 Å². The van der Waals surface area contributed by atoms with Gasteiger partial charge in [0.25, 0.3) is 11.8 Å². The maximum Gasteiger partial charge on any atom is 0.298 e. The van der Waals surface area contributed by atoms with E-state index in [0.717, 1.165) is 45.4 Å². The highest BCUT2D eigenvalue weighted by atomic mass is 16.3. The Kier molecular flexibility index (Phi) is 9.61. The van der Waals surface area contributed by atoms with Crippen molar-refractivity contribution in [2.45, 2.75) is 86.2 Å². The summed E-state index contributed by atoms with van der Waals surface area (Å²) in [7, 11) is 3.83. The second kappa shape index (κ2) is 13.9. The summed E-state index contributed by atoms with van der Waals surface area (Å²) in [6, 6.07) is 17.2. The molecule has 0 unspecified atom stereocenters. The van der Waals surface area contributed by atoms with Crippen molar-refractivity contribution < 1.29 is 14.7 Å². The van der Waals surface area contributed by atoms with Gasteiger partial charge in [0.1, 0.15) is 11.4 Å². The van der Waals surface area contributed by atoms with Gasteiger partial charge in [-0.1, -0.05) is 24.3 Å². The summed E-state index contributed by atoms with van der Waals surface area (Å²) >= 11 is 0. The van der Waals surface area contributed by atoms with Gasteiger partial charge in [0.2, 0.25) is 11.2 Å². The van der Waals surface area contributed by atoms with Crippen LogP contribution in [0.4, 0.5) is 0 Å². The molecular weight excluding hydrogens is 632 g/mol. The van der Waals surface area contributed by atoms with Gasteiger partial charge < -0.3 is 23.4 Å². The van der Waals surface area contributed by atoms with Gasteiger partial charge >= 0.3 is 0 Å². The largest absolute Gasteiger partial charge is 0.392 e. The van der Waals surface area contributed by atoms with E-state index in [4.69, 9.17) is 0 Å². The Labute approximate surface area is 290 Å². The van der Waals surface area contributed by atoms with Crippen LogP contribution in [0.5, 0.6) is 0 Å². The van der Waals surface area contributed by atoms with Gasteiger partial charge in [-0.05, 0) is 84.7 Å². The Balaban J connectivity index is 1.41. The molecule has 0 fully saturated rings. The molecule has 50 heavy (non-hydrogen) atoms. The summed E-state index contributed by atoms with van der Waals surface area (Å²) < 4.78 is 11.4. The van der Waals surface area contributed by atoms with E-state index >= 15 is 0 Å². The fourth-order valence-electron chi connectivity index (χ4n) is 7.02. The van der Waals surface area contributed by atoms with Crippen molar-refractivity contribution in [1.82, 2.24) is 37.8 Å². The molecule has 2 amide bonds. The van der Waals surface area contributed by atoms with Crippen molar-refractivity contribution in [2.75, 3.05) is 0 Å². The Bertz CT molecular complexity index is 2380. The molecule has 13 heteroatoms. The van der Waals surface area contributed by atoms with Crippen molar-refractivity contribution >= 4 is 33.9 Å². The molecule has 6 aromatic rings. The molecule has 0 aliphatic rings. The first-order chi connectivity index (χ1) is 24.0. The van der Waals surface area contributed by atoms with E-state index in [1.54, 1.807) is 21.5 Å². The average Bonchev–Trinajstić information content (AvgIpc) is 3.84. The van der Waals surface area contributed by atoms with Crippen LogP contribution in [0.2, 0.25) is 0 Å². The van der Waals surface area contributed by atoms with E-state index < -0.39 is 0 Å². The number of hydrogen-bond acceptors (Lipinski definition) is 5. The number of para-hydroxylation sites is 3. The summed E-state index contributed by atoms with van der Waals surface area (Å²) in [5.41, 5.74) is 7.88. The standard InChI is InChI=1S/C37H46N10O3/c1-9-44-31(20-23(3)40-44)34(49)38-36-42(7)28-15-11-12-16-29(28)46(36)25(5)18-19-26(6)47-33-27(22-48)14-13-17-30(33)43(8)37(47)39-35(50)32-21-24(4)41-45(32)10-2/h11-17,20-21,25-26,48H,9-10,18-19,22H2,1-8H3/b38-36+,39-37?/t25-,26+/m1/s1. The molecule has 0 saturated carbocycles. The van der Waals surface area contributed by atoms with E-state index in [9.17, 15) is 14.7 Å². The topological polar surface area (TPSA) is 134 Å². The lowest BCUT2D eigenvalue weighted by molar-refractivity contribution is 0.0977. The number of aliphatic hydroxyl groups excluding tert-OH is 1. The highest BCUT2D eigenvalue weighted by molar-refractivity contribution is 5.94. The van der Waals surface area contributed by atoms with Crippen molar-refractivity contribution in [3.8, 4) is 0 Å². The number of aromatic nitrogens is 8. The molecule has 1 N–H and O–H groups in total. The Morgan fingerprint density at radius 1 is 0.720 bits per heavy atom. The zero-order valence-corrected chi connectivity index (χ0v) is 30.1. The predicted octanol–water partition coefficient (Wildman–Crippen LogP) is 4.90. The second-order valence-corrected chi connectivity index (χ2v) is 13.0. The minimum absolute atomic E-state index is 0.0512. The zero-order chi connectivity index (χ0) is 35.9. The molecule has 2 atom stereocenters. The van der Waals surface area contributed by atoms with Crippen LogP contribution in [0.1, 0.15) is 90.5 Å². The predicted molar refractivity (Wildman–Crippen MR) is 191 cm³/mol. The molecule has 0 saturated heterocycles. The van der Waals surface area contributed by atoms with E-state index in [0.29, 0.717) is 42.1 Å². The van der Waals surface area contributed by atoms with Crippen LogP contribution in [-0.2, 0) is 33.8 Å². The molecule has 0 aliphatic carbocycles. The molecule has 0 radical (unpaired) electrons. The molecule has 4 aromatic heterocycles. The smallest absolute Gasteiger partial charge is 0.298 e. The fourth-order valence-corrected chi connectivity index (χ4v) is 7.02. The van der Waals surface area contributed by atoms with Crippen molar-refractivity contribution in [3.05, 3.63) is 94.2 Å². The molecule has 4 heterocycles. The summed E-state index contributed by atoms with van der Waals surface area (Å²) in [6.07, 6.45) is 1.43. The van der Waals surface area contributed by atoms with E-state index in [1.165, 1.54) is 0 Å². The summed E-state index contributed by atoms with van der Waals surface area (Å²) in [6.45, 7) is 12.9. The normalized spacial score (nSPS) is 13.9. The van der Waals surface area contributed by atoms with Crippen LogP contribution in [-0.4, -0.2) is 54.8 Å². The van der Waals surface area contributed by atoms with Gasteiger partial charge in [0, 0.05) is 44.8 Å². The van der Waals surface area contributed by atoms with Crippen molar-refractivity contribution in [1.29, 1.82) is 0 Å². The Morgan fingerprint density at radius 3 is 1.74 bits per heavy atom. The first-order valence-electron chi connectivity index (χ1n) is 17.2. The highest BCUT2D eigenvalue weighted by Gasteiger charge is 2.23. The molecule has 2 aromatic carbocycles. The van der Waals surface area contributed by atoms with Gasteiger partial charge in [-0.3, -0.25) is 19.0 Å². The van der Waals surface area contributed by atoms with Crippen molar-refractivity contribution in [3.63, 3.8) is 0 Å². The van der Waals surface area contributed by atoms with Crippen LogP contribution in [0.15, 0.2) is 64.6 Å². The third-order valence-electron chi connectivity index (χ3n) is 9.53. The first-order valence-corrected chi connectivity index (χ1v) is 17.2. The minimum atomic E-state index is -0.375. The summed E-state index contributed by atoms with van der Waals surface area (Å²) in [5.74, 6) is -0.717. The zero-order valence-electron chi connectivity index (χ0n) is 30.1. The average molecular weight is 679 g/mol. The minimum Gasteiger partial charge on any atom is -0.392 e. The van der Waals surface area contributed by atoms with Gasteiger partial charge in [0.15, 0.2) is 0 Å². The number of rotatable bonds is 10. The molecule has 0 spiro atoms. The molecule has 0 bridgehead atoms. The highest BCUT2D eigenvalue weighted by Crippen LogP contribution is 2.27. The van der Waals surface area contributed by atoms with Crippen LogP contribution in [0.3, 0.4) is 0 Å². The van der Waals surface area contributed by atoms with E-state index in [2.05, 4.69) is 49.2 Å². The van der Waals surface area contributed by atoms with Gasteiger partial charge in [0.05, 0.1) is 40.1 Å². The fraction of sp³-hybridized carbons (Fsp3) is 0.405. The SMILES string of the molecule is CCn1nc(C)cc1C(=O)N=c1n(C)c2cccc(CO)c2n1[C@@H](C)CC[C@@H](C)n1/c(=N/C(=O)c2cc(C)nn2CC)n(C)c2ccccc21. The number of carbonyl (C=O) groups is 2. The number of fused-ring (bicyclic) bond motifs is 2. The van der Waals surface area contributed by atoms with Crippen molar-refractivity contribution in [2.24, 2.45) is 24.1 Å². The van der Waals surface area contributed by atoms with Gasteiger partial charge in [-0.2, -0.15) is 20.2 Å². The summed E-state index contributed by atoms with van der Waals surface area (Å²) in [4.78, 5) is 36.6. The number of amides is 2. The van der Waals surface area contributed by atoms with Gasteiger partial charge in [-0.15, -0.1) is 0 Å². The maximum atomic E-state index is 13.7. The van der Waals surface area contributed by atoms with Crippen LogP contribution < -0.4 is 11.2 Å². The Morgan fingerprint density at radius 2 is 1.20 bits per heavy atom. The molecule has 0 aliphatic heterocycles. The number of carbonyl (C=O) groups excluding carboxylic acids is 2. The molecular formula is C37H46N10O3. The van der Waals surface area contributed by atoms with Gasteiger partial charge in [-0.25, -0.2) is 0 Å². The number of benzene rings is 2. The molecule has 262 valence electrons. The number of aliphatic hydroxyl groups is 1. The third kappa shape index (κ3) is 6.06. The first kappa shape index (κ1) is 34.6. The van der Waals surface area contributed by atoms with E-state index in [1.807, 2.05) is 87.3 Å². The summed E-state index contributed by atoms with van der Waals surface area (Å²) in [5, 5.41) is 19.3.